The van der Waals surface area contributed by atoms with Crippen LogP contribution in [-0.4, -0.2) is 17.8 Å². The molecule has 0 heterocycles. The van der Waals surface area contributed by atoms with Gasteiger partial charge in [-0.3, -0.25) is 0 Å². The Bertz CT molecular complexity index is 376. The minimum absolute atomic E-state index is 0.0913. The number of benzene rings is 1. The van der Waals surface area contributed by atoms with E-state index in [2.05, 4.69) is 5.32 Å². The summed E-state index contributed by atoms with van der Waals surface area (Å²) in [5, 5.41) is 13.5. The molecule has 0 aromatic heterocycles. The average molecular weight is 255 g/mol. The minimum Gasteiger partial charge on any atom is -0.399 e. The summed E-state index contributed by atoms with van der Waals surface area (Å²) in [6.45, 7) is 0.913. The van der Waals surface area contributed by atoms with E-state index in [1.54, 1.807) is 6.07 Å². The number of nitrogens with two attached hydrogens (primary N) is 1. The highest BCUT2D eigenvalue weighted by molar-refractivity contribution is 6.33. The first kappa shape index (κ1) is 12.5. The zero-order valence-electron chi connectivity index (χ0n) is 9.82. The van der Waals surface area contributed by atoms with Gasteiger partial charge in [0.15, 0.2) is 0 Å². The number of nitrogens with one attached hydrogen (secondary N) is 1. The van der Waals surface area contributed by atoms with Crippen LogP contribution in [0, 0.1) is 5.92 Å². The molecule has 0 saturated heterocycles. The summed E-state index contributed by atoms with van der Waals surface area (Å²) >= 11 is 6.09. The molecule has 3 nitrogen and oxygen atoms in total. The fourth-order valence-electron chi connectivity index (χ4n) is 2.28. The van der Waals surface area contributed by atoms with Crippen LogP contribution >= 0.6 is 11.6 Å². The van der Waals surface area contributed by atoms with Gasteiger partial charge in [-0.1, -0.05) is 11.6 Å². The lowest BCUT2D eigenvalue weighted by atomic mass is 9.87. The molecule has 94 valence electrons. The predicted octanol–water partition coefficient (Wildman–Crippen LogP) is 2.89. The number of anilines is 2. The van der Waals surface area contributed by atoms with Crippen LogP contribution in [0.3, 0.4) is 0 Å². The van der Waals surface area contributed by atoms with Crippen molar-refractivity contribution in [1.82, 2.24) is 0 Å². The number of hydrogen-bond acceptors (Lipinski definition) is 3. The third-order valence-electron chi connectivity index (χ3n) is 3.39. The standard InChI is InChI=1S/C13H19ClN2O/c14-12-7-10(15)3-6-13(12)16-8-9-1-4-11(17)5-2-9/h3,6-7,9,11,16-17H,1-2,4-5,8,15H2. The van der Waals surface area contributed by atoms with E-state index in [1.165, 1.54) is 0 Å². The fourth-order valence-corrected chi connectivity index (χ4v) is 2.53. The largest absolute Gasteiger partial charge is 0.399 e. The van der Waals surface area contributed by atoms with Crippen molar-refractivity contribution in [2.75, 3.05) is 17.6 Å². The van der Waals surface area contributed by atoms with Gasteiger partial charge in [-0.05, 0) is 49.8 Å². The van der Waals surface area contributed by atoms with Crippen molar-refractivity contribution in [2.24, 2.45) is 5.92 Å². The zero-order valence-corrected chi connectivity index (χ0v) is 10.6. The second-order valence-electron chi connectivity index (χ2n) is 4.79. The Morgan fingerprint density at radius 3 is 2.65 bits per heavy atom. The quantitative estimate of drug-likeness (QED) is 0.727. The van der Waals surface area contributed by atoms with Gasteiger partial charge < -0.3 is 16.2 Å². The lowest BCUT2D eigenvalue weighted by Crippen LogP contribution is -2.23. The Morgan fingerprint density at radius 2 is 2.00 bits per heavy atom. The molecule has 0 unspecified atom stereocenters. The Kier molecular flexibility index (Phi) is 4.13. The van der Waals surface area contributed by atoms with Crippen LogP contribution in [0.1, 0.15) is 25.7 Å². The van der Waals surface area contributed by atoms with Gasteiger partial charge in [0.2, 0.25) is 0 Å². The van der Waals surface area contributed by atoms with E-state index in [1.807, 2.05) is 12.1 Å². The van der Waals surface area contributed by atoms with Crippen LogP contribution in [0.15, 0.2) is 18.2 Å². The molecule has 4 heteroatoms. The van der Waals surface area contributed by atoms with Crippen molar-refractivity contribution in [3.8, 4) is 0 Å². The maximum atomic E-state index is 9.43. The van der Waals surface area contributed by atoms with Crippen LogP contribution in [0.5, 0.6) is 0 Å². The van der Waals surface area contributed by atoms with Crippen molar-refractivity contribution >= 4 is 23.0 Å². The summed E-state index contributed by atoms with van der Waals surface area (Å²) in [6, 6.07) is 5.52. The monoisotopic (exact) mass is 254 g/mol. The molecule has 4 N–H and O–H groups in total. The highest BCUT2D eigenvalue weighted by Crippen LogP contribution is 2.27. The molecule has 1 fully saturated rings. The Labute approximate surface area is 107 Å². The number of hydrogen-bond donors (Lipinski definition) is 3. The lowest BCUT2D eigenvalue weighted by molar-refractivity contribution is 0.111. The van der Waals surface area contributed by atoms with Gasteiger partial charge in [0.25, 0.3) is 0 Å². The summed E-state index contributed by atoms with van der Waals surface area (Å²) in [6.07, 6.45) is 3.91. The molecule has 0 bridgehead atoms. The topological polar surface area (TPSA) is 58.3 Å². The molecule has 1 aromatic rings. The molecular weight excluding hydrogens is 236 g/mol. The third-order valence-corrected chi connectivity index (χ3v) is 3.70. The molecule has 17 heavy (non-hydrogen) atoms. The lowest BCUT2D eigenvalue weighted by Gasteiger charge is -2.26. The summed E-state index contributed by atoms with van der Waals surface area (Å²) in [7, 11) is 0. The van der Waals surface area contributed by atoms with Crippen LogP contribution in [-0.2, 0) is 0 Å². The van der Waals surface area contributed by atoms with E-state index in [9.17, 15) is 5.11 Å². The second-order valence-corrected chi connectivity index (χ2v) is 5.20. The van der Waals surface area contributed by atoms with Crippen molar-refractivity contribution in [3.05, 3.63) is 23.2 Å². The van der Waals surface area contributed by atoms with Gasteiger partial charge >= 0.3 is 0 Å². The molecule has 0 radical (unpaired) electrons. The summed E-state index contributed by atoms with van der Waals surface area (Å²) in [5.41, 5.74) is 7.26. The number of rotatable bonds is 3. The molecule has 0 spiro atoms. The molecule has 0 amide bonds. The summed E-state index contributed by atoms with van der Waals surface area (Å²) in [4.78, 5) is 0. The molecule has 2 rings (SSSR count). The summed E-state index contributed by atoms with van der Waals surface area (Å²) in [5.74, 6) is 0.631. The smallest absolute Gasteiger partial charge is 0.0657 e. The van der Waals surface area contributed by atoms with Crippen LogP contribution in [0.2, 0.25) is 5.02 Å². The fraction of sp³-hybridized carbons (Fsp3) is 0.538. The first-order valence-corrected chi connectivity index (χ1v) is 6.50. The Hall–Kier alpha value is -0.930. The number of aliphatic hydroxyl groups is 1. The Morgan fingerprint density at radius 1 is 1.29 bits per heavy atom. The van der Waals surface area contributed by atoms with Gasteiger partial charge in [-0.25, -0.2) is 0 Å². The highest BCUT2D eigenvalue weighted by Gasteiger charge is 2.19. The second kappa shape index (κ2) is 5.61. The molecule has 1 aliphatic carbocycles. The normalized spacial score (nSPS) is 24.6. The maximum Gasteiger partial charge on any atom is 0.0657 e. The predicted molar refractivity (Wildman–Crippen MR) is 72.3 cm³/mol. The van der Waals surface area contributed by atoms with E-state index in [0.29, 0.717) is 16.6 Å². The van der Waals surface area contributed by atoms with E-state index < -0.39 is 0 Å². The van der Waals surface area contributed by atoms with Crippen LogP contribution < -0.4 is 11.1 Å². The summed E-state index contributed by atoms with van der Waals surface area (Å²) < 4.78 is 0. The van der Waals surface area contributed by atoms with E-state index in [0.717, 1.165) is 37.9 Å². The van der Waals surface area contributed by atoms with Crippen molar-refractivity contribution in [1.29, 1.82) is 0 Å². The van der Waals surface area contributed by atoms with Crippen molar-refractivity contribution in [2.45, 2.75) is 31.8 Å². The number of nitrogen functional groups attached to an aromatic ring is 1. The molecular formula is C13H19ClN2O. The van der Waals surface area contributed by atoms with Gasteiger partial charge in [0.05, 0.1) is 16.8 Å². The molecule has 1 saturated carbocycles. The SMILES string of the molecule is Nc1ccc(NCC2CCC(O)CC2)c(Cl)c1. The minimum atomic E-state index is -0.0913. The molecule has 0 atom stereocenters. The Balaban J connectivity index is 1.85. The van der Waals surface area contributed by atoms with Gasteiger partial charge in [0.1, 0.15) is 0 Å². The van der Waals surface area contributed by atoms with E-state index >= 15 is 0 Å². The average Bonchev–Trinajstić information content (AvgIpc) is 2.30. The van der Waals surface area contributed by atoms with Gasteiger partial charge in [-0.2, -0.15) is 0 Å². The number of aliphatic hydroxyl groups excluding tert-OH is 1. The van der Waals surface area contributed by atoms with Gasteiger partial charge in [0, 0.05) is 12.2 Å². The highest BCUT2D eigenvalue weighted by atomic mass is 35.5. The molecule has 0 aliphatic heterocycles. The van der Waals surface area contributed by atoms with E-state index in [-0.39, 0.29) is 6.10 Å². The molecule has 1 aliphatic rings. The van der Waals surface area contributed by atoms with Crippen molar-refractivity contribution in [3.63, 3.8) is 0 Å². The van der Waals surface area contributed by atoms with Crippen LogP contribution in [0.4, 0.5) is 11.4 Å². The van der Waals surface area contributed by atoms with Crippen molar-refractivity contribution < 1.29 is 5.11 Å². The molecule has 1 aromatic carbocycles. The number of halogens is 1. The first-order chi connectivity index (χ1) is 8.15. The van der Waals surface area contributed by atoms with E-state index in [4.69, 9.17) is 17.3 Å². The maximum absolute atomic E-state index is 9.43. The third kappa shape index (κ3) is 3.51. The van der Waals surface area contributed by atoms with Gasteiger partial charge in [-0.15, -0.1) is 0 Å². The van der Waals surface area contributed by atoms with Crippen LogP contribution in [0.25, 0.3) is 0 Å². The zero-order chi connectivity index (χ0) is 12.3. The first-order valence-electron chi connectivity index (χ1n) is 6.12.